The second-order valence-corrected chi connectivity index (χ2v) is 7.30. The fourth-order valence-electron chi connectivity index (χ4n) is 2.47. The maximum atomic E-state index is 13.6. The Labute approximate surface area is 162 Å². The van der Waals surface area contributed by atoms with E-state index in [0.717, 1.165) is 17.8 Å². The van der Waals surface area contributed by atoms with Crippen molar-refractivity contribution in [2.75, 3.05) is 0 Å². The zero-order valence-corrected chi connectivity index (χ0v) is 15.5. The SMILES string of the molecule is CC(C#N)Sc1nnc(-c2cccc(Cl)c2)n1-c1ccccc1C(F)(F)F. The molecule has 1 atom stereocenters. The Morgan fingerprint density at radius 2 is 1.89 bits per heavy atom. The molecule has 0 bridgehead atoms. The highest BCUT2D eigenvalue weighted by atomic mass is 35.5. The van der Waals surface area contributed by atoms with Gasteiger partial charge in [0.05, 0.1) is 22.6 Å². The van der Waals surface area contributed by atoms with Crippen LogP contribution in [0.1, 0.15) is 12.5 Å². The number of rotatable bonds is 4. The van der Waals surface area contributed by atoms with E-state index in [0.29, 0.717) is 10.6 Å². The molecule has 3 rings (SSSR count). The van der Waals surface area contributed by atoms with Crippen molar-refractivity contribution < 1.29 is 13.2 Å². The van der Waals surface area contributed by atoms with Gasteiger partial charge in [-0.2, -0.15) is 18.4 Å². The number of hydrogen-bond donors (Lipinski definition) is 0. The third-order valence-electron chi connectivity index (χ3n) is 3.63. The van der Waals surface area contributed by atoms with Crippen molar-refractivity contribution in [1.82, 2.24) is 14.8 Å². The number of nitriles is 1. The molecule has 0 spiro atoms. The number of alkyl halides is 3. The first-order chi connectivity index (χ1) is 12.8. The van der Waals surface area contributed by atoms with Gasteiger partial charge >= 0.3 is 6.18 Å². The van der Waals surface area contributed by atoms with E-state index >= 15 is 0 Å². The third kappa shape index (κ3) is 4.10. The van der Waals surface area contributed by atoms with E-state index in [1.54, 1.807) is 31.2 Å². The van der Waals surface area contributed by atoms with Crippen molar-refractivity contribution in [2.45, 2.75) is 23.5 Å². The Morgan fingerprint density at radius 3 is 2.56 bits per heavy atom. The van der Waals surface area contributed by atoms with Crippen molar-refractivity contribution in [3.05, 3.63) is 59.1 Å². The maximum absolute atomic E-state index is 13.6. The third-order valence-corrected chi connectivity index (χ3v) is 4.80. The van der Waals surface area contributed by atoms with Gasteiger partial charge in [0.1, 0.15) is 0 Å². The summed E-state index contributed by atoms with van der Waals surface area (Å²) in [5, 5.41) is 17.3. The van der Waals surface area contributed by atoms with Crippen LogP contribution in [0.5, 0.6) is 0 Å². The van der Waals surface area contributed by atoms with Gasteiger partial charge in [0.2, 0.25) is 0 Å². The van der Waals surface area contributed by atoms with Crippen LogP contribution in [-0.2, 0) is 6.18 Å². The molecule has 0 aliphatic heterocycles. The van der Waals surface area contributed by atoms with Crippen LogP contribution in [0, 0.1) is 11.3 Å². The van der Waals surface area contributed by atoms with E-state index in [-0.39, 0.29) is 16.7 Å². The second kappa shape index (κ2) is 7.62. The molecule has 2 aromatic carbocycles. The van der Waals surface area contributed by atoms with Gasteiger partial charge in [-0.05, 0) is 31.2 Å². The lowest BCUT2D eigenvalue weighted by molar-refractivity contribution is -0.137. The second-order valence-electron chi connectivity index (χ2n) is 5.56. The average Bonchev–Trinajstić information content (AvgIpc) is 3.04. The molecule has 0 fully saturated rings. The molecule has 3 aromatic rings. The minimum Gasteiger partial charge on any atom is -0.269 e. The number of para-hydroxylation sites is 1. The lowest BCUT2D eigenvalue weighted by atomic mass is 10.1. The van der Waals surface area contributed by atoms with Crippen molar-refractivity contribution in [3.63, 3.8) is 0 Å². The molecule has 9 heteroatoms. The van der Waals surface area contributed by atoms with E-state index in [1.165, 1.54) is 22.8 Å². The first-order valence-corrected chi connectivity index (χ1v) is 9.01. The van der Waals surface area contributed by atoms with Crippen molar-refractivity contribution >= 4 is 23.4 Å². The van der Waals surface area contributed by atoms with Gasteiger partial charge in [-0.15, -0.1) is 10.2 Å². The van der Waals surface area contributed by atoms with E-state index in [2.05, 4.69) is 10.2 Å². The van der Waals surface area contributed by atoms with Crippen LogP contribution < -0.4 is 0 Å². The van der Waals surface area contributed by atoms with E-state index in [4.69, 9.17) is 16.9 Å². The molecule has 1 heterocycles. The van der Waals surface area contributed by atoms with Gasteiger partial charge in [-0.1, -0.05) is 47.6 Å². The molecule has 27 heavy (non-hydrogen) atoms. The van der Waals surface area contributed by atoms with Gasteiger partial charge in [0.25, 0.3) is 0 Å². The Kier molecular flexibility index (Phi) is 5.44. The maximum Gasteiger partial charge on any atom is 0.418 e. The molecular formula is C18H12ClF3N4S. The lowest BCUT2D eigenvalue weighted by Crippen LogP contribution is -2.12. The molecule has 0 amide bonds. The Balaban J connectivity index is 2.27. The molecule has 0 aliphatic rings. The summed E-state index contributed by atoms with van der Waals surface area (Å²) in [5.41, 5.74) is -0.416. The minimum atomic E-state index is -4.56. The van der Waals surface area contributed by atoms with Gasteiger partial charge in [0.15, 0.2) is 11.0 Å². The fraction of sp³-hybridized carbons (Fsp3) is 0.167. The van der Waals surface area contributed by atoms with Crippen LogP contribution in [0.4, 0.5) is 13.2 Å². The number of benzene rings is 2. The Bertz CT molecular complexity index is 1010. The molecular weight excluding hydrogens is 397 g/mol. The Hall–Kier alpha value is -2.50. The molecule has 0 aliphatic carbocycles. The molecule has 0 saturated heterocycles. The summed E-state index contributed by atoms with van der Waals surface area (Å²) in [6.45, 7) is 1.64. The van der Waals surface area contributed by atoms with Crippen LogP contribution in [0.2, 0.25) is 5.02 Å². The van der Waals surface area contributed by atoms with Crippen LogP contribution in [-0.4, -0.2) is 20.0 Å². The predicted octanol–water partition coefficient (Wildman–Crippen LogP) is 5.61. The standard InChI is InChI=1S/C18H12ClF3N4S/c1-11(10-23)27-17-25-24-16(12-5-4-6-13(19)9-12)26(17)15-8-3-2-7-14(15)18(20,21)22/h2-9,11H,1H3. The van der Waals surface area contributed by atoms with Crippen LogP contribution >= 0.6 is 23.4 Å². The minimum absolute atomic E-state index is 0.113. The predicted molar refractivity (Wildman–Crippen MR) is 97.7 cm³/mol. The molecule has 1 aromatic heterocycles. The number of halogens is 4. The van der Waals surface area contributed by atoms with Crippen LogP contribution in [0.25, 0.3) is 17.1 Å². The van der Waals surface area contributed by atoms with Crippen LogP contribution in [0.15, 0.2) is 53.7 Å². The van der Waals surface area contributed by atoms with Gasteiger partial charge < -0.3 is 0 Å². The zero-order valence-electron chi connectivity index (χ0n) is 13.9. The summed E-state index contributed by atoms with van der Waals surface area (Å²) in [4.78, 5) is 0. The number of aromatic nitrogens is 3. The fourth-order valence-corrected chi connectivity index (χ4v) is 3.41. The molecule has 138 valence electrons. The first kappa shape index (κ1) is 19.3. The van der Waals surface area contributed by atoms with Crippen molar-refractivity contribution in [1.29, 1.82) is 5.26 Å². The highest BCUT2D eigenvalue weighted by Crippen LogP contribution is 2.38. The quantitative estimate of drug-likeness (QED) is 0.526. The molecule has 0 saturated carbocycles. The normalized spacial score (nSPS) is 12.6. The largest absolute Gasteiger partial charge is 0.418 e. The highest BCUT2D eigenvalue weighted by Gasteiger charge is 2.35. The van der Waals surface area contributed by atoms with Gasteiger partial charge in [0, 0.05) is 10.6 Å². The van der Waals surface area contributed by atoms with Crippen molar-refractivity contribution in [3.8, 4) is 23.1 Å². The molecule has 4 nitrogen and oxygen atoms in total. The van der Waals surface area contributed by atoms with Crippen LogP contribution in [0.3, 0.4) is 0 Å². The first-order valence-electron chi connectivity index (χ1n) is 7.75. The summed E-state index contributed by atoms with van der Waals surface area (Å²) in [6.07, 6.45) is -4.56. The number of hydrogen-bond acceptors (Lipinski definition) is 4. The van der Waals surface area contributed by atoms with Gasteiger partial charge in [-0.3, -0.25) is 4.57 Å². The van der Waals surface area contributed by atoms with E-state index < -0.39 is 17.0 Å². The summed E-state index contributed by atoms with van der Waals surface area (Å²) in [7, 11) is 0. The zero-order chi connectivity index (χ0) is 19.6. The van der Waals surface area contributed by atoms with E-state index in [1.807, 2.05) is 6.07 Å². The van der Waals surface area contributed by atoms with Gasteiger partial charge in [-0.25, -0.2) is 0 Å². The summed E-state index contributed by atoms with van der Waals surface area (Å²) < 4.78 is 42.0. The lowest BCUT2D eigenvalue weighted by Gasteiger charge is -2.16. The van der Waals surface area contributed by atoms with E-state index in [9.17, 15) is 13.2 Å². The number of thioether (sulfide) groups is 1. The average molecular weight is 409 g/mol. The smallest absolute Gasteiger partial charge is 0.269 e. The Morgan fingerprint density at radius 1 is 1.15 bits per heavy atom. The molecule has 1 unspecified atom stereocenters. The monoisotopic (exact) mass is 408 g/mol. The summed E-state index contributed by atoms with van der Waals surface area (Å²) in [5.74, 6) is 0.210. The van der Waals surface area contributed by atoms with Crippen molar-refractivity contribution in [2.24, 2.45) is 0 Å². The molecule has 0 radical (unpaired) electrons. The summed E-state index contributed by atoms with van der Waals surface area (Å²) >= 11 is 7.06. The number of nitrogens with zero attached hydrogens (tertiary/aromatic N) is 4. The highest BCUT2D eigenvalue weighted by molar-refractivity contribution is 8.00. The molecule has 0 N–H and O–H groups in total. The topological polar surface area (TPSA) is 54.5 Å². The summed E-state index contributed by atoms with van der Waals surface area (Å²) in [6, 6.07) is 13.8.